The van der Waals surface area contributed by atoms with E-state index in [0.717, 1.165) is 23.7 Å². The fourth-order valence-corrected chi connectivity index (χ4v) is 8.28. The third-order valence-corrected chi connectivity index (χ3v) is 11.3. The summed E-state index contributed by atoms with van der Waals surface area (Å²) < 4.78 is 0. The molecule has 0 nitrogen and oxygen atoms in total. The van der Waals surface area contributed by atoms with Crippen molar-refractivity contribution in [2.45, 2.75) is 120 Å². The smallest absolute Gasteiger partial charge is 0.00161 e. The van der Waals surface area contributed by atoms with E-state index in [1.54, 1.807) is 11.1 Å². The Labute approximate surface area is 201 Å². The van der Waals surface area contributed by atoms with Crippen molar-refractivity contribution >= 4 is 0 Å². The van der Waals surface area contributed by atoms with Crippen LogP contribution < -0.4 is 0 Å². The summed E-state index contributed by atoms with van der Waals surface area (Å²) in [6.07, 6.45) is 17.7. The van der Waals surface area contributed by atoms with Crippen molar-refractivity contribution in [3.63, 3.8) is 0 Å². The first-order valence-electron chi connectivity index (χ1n) is 14.1. The van der Waals surface area contributed by atoms with Crippen LogP contribution in [0.4, 0.5) is 0 Å². The summed E-state index contributed by atoms with van der Waals surface area (Å²) in [6.45, 7) is 25.9. The van der Waals surface area contributed by atoms with Gasteiger partial charge in [0.2, 0.25) is 0 Å². The molecular formula is C32H54. The maximum absolute atomic E-state index is 4.32. The van der Waals surface area contributed by atoms with Crippen LogP contribution >= 0.6 is 0 Å². The lowest BCUT2D eigenvalue weighted by Crippen LogP contribution is -2.49. The molecule has 7 atom stereocenters. The van der Waals surface area contributed by atoms with Crippen LogP contribution in [0.15, 0.2) is 35.5 Å². The highest BCUT2D eigenvalue weighted by atomic mass is 14.6. The molecule has 32 heavy (non-hydrogen) atoms. The molecule has 0 radical (unpaired) electrons. The Morgan fingerprint density at radius 2 is 1.72 bits per heavy atom. The van der Waals surface area contributed by atoms with Crippen LogP contribution in [0.25, 0.3) is 0 Å². The first kappa shape index (κ1) is 25.8. The Morgan fingerprint density at radius 3 is 2.38 bits per heavy atom. The van der Waals surface area contributed by atoms with Gasteiger partial charge in [0.05, 0.1) is 0 Å². The third-order valence-electron chi connectivity index (χ3n) is 11.3. The molecular weight excluding hydrogens is 384 g/mol. The van der Waals surface area contributed by atoms with E-state index in [1.807, 2.05) is 13.8 Å². The van der Waals surface area contributed by atoms with Crippen molar-refractivity contribution in [1.82, 2.24) is 0 Å². The molecule has 0 N–H and O–H groups in total. The predicted octanol–water partition coefficient (Wildman–Crippen LogP) is 10.2. The molecule has 0 saturated heterocycles. The fraction of sp³-hybridized carbons (Fsp3) is 0.812. The van der Waals surface area contributed by atoms with Gasteiger partial charge in [-0.15, -0.1) is 0 Å². The second-order valence-electron chi connectivity index (χ2n) is 12.8. The molecule has 0 heteroatoms. The highest BCUT2D eigenvalue weighted by Gasteiger charge is 2.60. The molecule has 4 aliphatic rings. The van der Waals surface area contributed by atoms with Gasteiger partial charge in [0.1, 0.15) is 0 Å². The largest absolute Gasteiger partial charge is 0.0996 e. The van der Waals surface area contributed by atoms with Gasteiger partial charge < -0.3 is 0 Å². The molecule has 2 saturated carbocycles. The molecule has 0 aromatic rings. The predicted molar refractivity (Wildman–Crippen MR) is 143 cm³/mol. The third kappa shape index (κ3) is 3.90. The molecule has 0 amide bonds. The van der Waals surface area contributed by atoms with E-state index >= 15 is 0 Å². The maximum Gasteiger partial charge on any atom is -0.00161 e. The molecule has 0 bridgehead atoms. The summed E-state index contributed by atoms with van der Waals surface area (Å²) in [4.78, 5) is 0. The Balaban J connectivity index is 0.00000141. The van der Waals surface area contributed by atoms with Crippen LogP contribution in [0, 0.1) is 45.8 Å². The normalized spacial score (nSPS) is 42.7. The van der Waals surface area contributed by atoms with Gasteiger partial charge in [-0.05, 0) is 115 Å². The summed E-state index contributed by atoms with van der Waals surface area (Å²) in [5, 5.41) is 0. The average Bonchev–Trinajstić information content (AvgIpc) is 3.03. The van der Waals surface area contributed by atoms with Gasteiger partial charge in [0.15, 0.2) is 0 Å². The number of allylic oxidation sites excluding steroid dienone is 5. The number of rotatable bonds is 5. The van der Waals surface area contributed by atoms with Crippen molar-refractivity contribution in [3.8, 4) is 0 Å². The zero-order valence-corrected chi connectivity index (χ0v) is 23.1. The first-order valence-corrected chi connectivity index (χ1v) is 14.1. The molecule has 0 spiro atoms. The molecule has 0 aromatic carbocycles. The van der Waals surface area contributed by atoms with Crippen molar-refractivity contribution < 1.29 is 0 Å². The number of fused-ring (bicyclic) bond motifs is 5. The van der Waals surface area contributed by atoms with Crippen molar-refractivity contribution in [2.75, 3.05) is 0 Å². The lowest BCUT2D eigenvalue weighted by Gasteiger charge is -2.58. The summed E-state index contributed by atoms with van der Waals surface area (Å²) in [5.74, 6) is 4.10. The number of hydrogen-bond donors (Lipinski definition) is 0. The van der Waals surface area contributed by atoms with Gasteiger partial charge in [0, 0.05) is 0 Å². The minimum Gasteiger partial charge on any atom is -0.0996 e. The molecule has 0 aliphatic heterocycles. The topological polar surface area (TPSA) is 0 Å². The summed E-state index contributed by atoms with van der Waals surface area (Å²) in [7, 11) is 0. The Kier molecular flexibility index (Phi) is 7.64. The highest BCUT2D eigenvalue weighted by molar-refractivity contribution is 5.49. The van der Waals surface area contributed by atoms with Crippen LogP contribution in [0.3, 0.4) is 0 Å². The van der Waals surface area contributed by atoms with Crippen LogP contribution in [0.2, 0.25) is 0 Å². The van der Waals surface area contributed by atoms with E-state index in [2.05, 4.69) is 67.2 Å². The summed E-state index contributed by atoms with van der Waals surface area (Å²) in [6, 6.07) is 0. The van der Waals surface area contributed by atoms with Gasteiger partial charge in [-0.1, -0.05) is 86.6 Å². The van der Waals surface area contributed by atoms with E-state index in [1.165, 1.54) is 63.4 Å². The van der Waals surface area contributed by atoms with Gasteiger partial charge >= 0.3 is 0 Å². The number of hydrogen-bond acceptors (Lipinski definition) is 0. The lowest BCUT2D eigenvalue weighted by molar-refractivity contribution is 0.0340. The van der Waals surface area contributed by atoms with Gasteiger partial charge in [0.25, 0.3) is 0 Å². The van der Waals surface area contributed by atoms with Crippen LogP contribution in [0.5, 0.6) is 0 Å². The Hall–Kier alpha value is -0.780. The monoisotopic (exact) mass is 438 g/mol. The lowest BCUT2D eigenvalue weighted by atomic mass is 9.46. The first-order chi connectivity index (χ1) is 15.0. The zero-order valence-electron chi connectivity index (χ0n) is 23.1. The summed E-state index contributed by atoms with van der Waals surface area (Å²) in [5.41, 5.74) is 6.27. The molecule has 2 fully saturated rings. The van der Waals surface area contributed by atoms with Gasteiger partial charge in [-0.25, -0.2) is 0 Å². The van der Waals surface area contributed by atoms with Crippen molar-refractivity contribution in [3.05, 3.63) is 35.5 Å². The van der Waals surface area contributed by atoms with E-state index in [9.17, 15) is 0 Å². The van der Waals surface area contributed by atoms with E-state index < -0.39 is 0 Å². The Morgan fingerprint density at radius 1 is 1.03 bits per heavy atom. The van der Waals surface area contributed by atoms with E-state index in [4.69, 9.17) is 0 Å². The van der Waals surface area contributed by atoms with Crippen molar-refractivity contribution in [2.24, 2.45) is 45.8 Å². The van der Waals surface area contributed by atoms with Gasteiger partial charge in [-0.3, -0.25) is 0 Å². The molecule has 4 rings (SSSR count). The van der Waals surface area contributed by atoms with Crippen LogP contribution in [-0.2, 0) is 0 Å². The quantitative estimate of drug-likeness (QED) is 0.374. The maximum atomic E-state index is 4.32. The molecule has 182 valence electrons. The second kappa shape index (κ2) is 9.46. The Bertz CT molecular complexity index is 750. The van der Waals surface area contributed by atoms with Crippen molar-refractivity contribution in [1.29, 1.82) is 0 Å². The van der Waals surface area contributed by atoms with Crippen LogP contribution in [-0.4, -0.2) is 0 Å². The zero-order chi connectivity index (χ0) is 23.9. The second-order valence-corrected chi connectivity index (χ2v) is 12.8. The molecule has 4 aliphatic carbocycles. The highest BCUT2D eigenvalue weighted by Crippen LogP contribution is 2.70. The minimum absolute atomic E-state index is 0.386. The van der Waals surface area contributed by atoms with Gasteiger partial charge in [-0.2, -0.15) is 0 Å². The standard InChI is InChI=1S/C30H48.C2H6/c1-20(2)21(3)10-9-11-24-15-18-30(8)27-13-12-25-23(5)22(4)14-17-28(25,6)26(27)16-19-29(24,30)7;1-2/h13,16,20,22-25H,3,9-12,14-15,17-19H2,1-2,4-8H3;1-2H3. The molecule has 7 unspecified atom stereocenters. The molecule has 0 aromatic heterocycles. The minimum atomic E-state index is 0.386. The van der Waals surface area contributed by atoms with E-state index in [-0.39, 0.29) is 0 Å². The average molecular weight is 439 g/mol. The van der Waals surface area contributed by atoms with Crippen LogP contribution in [0.1, 0.15) is 120 Å². The van der Waals surface area contributed by atoms with E-state index in [0.29, 0.717) is 22.2 Å². The summed E-state index contributed by atoms with van der Waals surface area (Å²) >= 11 is 0. The molecule has 0 heterocycles. The fourth-order valence-electron chi connectivity index (χ4n) is 8.28. The SMILES string of the molecule is C=C(CCCC1CCC2(C)C3=CCC4C(C)C(C)CCC4(C)C3=CCC12C)C(C)C.CC.